The molecule has 0 saturated carbocycles. The van der Waals surface area contributed by atoms with E-state index in [2.05, 4.69) is 0 Å². The third-order valence-corrected chi connectivity index (χ3v) is 8.19. The predicted octanol–water partition coefficient (Wildman–Crippen LogP) is 5.91. The summed E-state index contributed by atoms with van der Waals surface area (Å²) in [5.74, 6) is -0.221. The minimum absolute atomic E-state index is 0.194. The molecule has 0 aliphatic rings. The van der Waals surface area contributed by atoms with E-state index >= 15 is 0 Å². The van der Waals surface area contributed by atoms with Gasteiger partial charge in [-0.15, -0.1) is 0 Å². The number of benzene rings is 4. The Morgan fingerprint density at radius 2 is 0.930 bits per heavy atom. The van der Waals surface area contributed by atoms with Crippen LogP contribution in [0.15, 0.2) is 94.7 Å². The van der Waals surface area contributed by atoms with E-state index in [9.17, 15) is 46.2 Å². The largest absolute Gasteiger partial charge is 0.456 e. The lowest BCUT2D eigenvalue weighted by Gasteiger charge is -2.26. The molecule has 43 heavy (non-hydrogen) atoms. The maximum Gasteiger partial charge on any atom is 0.298 e. The maximum atomic E-state index is 11.8. The summed E-state index contributed by atoms with van der Waals surface area (Å²) in [5, 5.41) is 22.0. The van der Waals surface area contributed by atoms with Crippen molar-refractivity contribution in [3.8, 4) is 23.0 Å². The van der Waals surface area contributed by atoms with Crippen LogP contribution in [-0.4, -0.2) is 35.8 Å². The molecule has 0 aliphatic carbocycles. The Bertz CT molecular complexity index is 1800. The van der Waals surface area contributed by atoms with Crippen LogP contribution in [0, 0.1) is 20.2 Å². The summed E-state index contributed by atoms with van der Waals surface area (Å²) in [4.78, 5) is 18.9. The monoisotopic (exact) mass is 630 g/mol. The number of nitro benzene ring substituents is 2. The normalized spacial score (nSPS) is 12.0. The van der Waals surface area contributed by atoms with Crippen LogP contribution in [0.4, 0.5) is 11.4 Å². The lowest BCUT2D eigenvalue weighted by atomic mass is 9.78. The van der Waals surface area contributed by atoms with Crippen LogP contribution in [-0.2, 0) is 25.7 Å². The van der Waals surface area contributed by atoms with Crippen molar-refractivity contribution >= 4 is 31.6 Å². The number of hydrogen-bond acceptors (Lipinski definition) is 10. The molecule has 0 saturated heterocycles. The van der Waals surface area contributed by atoms with Crippen LogP contribution in [0.2, 0.25) is 0 Å². The highest BCUT2D eigenvalue weighted by molar-refractivity contribution is 7.86. The van der Waals surface area contributed by atoms with Gasteiger partial charge in [0.15, 0.2) is 0 Å². The first-order valence-electron chi connectivity index (χ1n) is 12.1. The van der Waals surface area contributed by atoms with Gasteiger partial charge in [-0.1, -0.05) is 38.1 Å². The molecular formula is C27H22N2O12S2. The van der Waals surface area contributed by atoms with Crippen LogP contribution in [0.3, 0.4) is 0 Å². The fourth-order valence-electron chi connectivity index (χ4n) is 4.09. The van der Waals surface area contributed by atoms with Crippen LogP contribution in [0.5, 0.6) is 23.0 Å². The van der Waals surface area contributed by atoms with Gasteiger partial charge in [-0.2, -0.15) is 16.8 Å². The average Bonchev–Trinajstić information content (AvgIpc) is 2.92. The average molecular weight is 631 g/mol. The zero-order valence-electron chi connectivity index (χ0n) is 22.3. The van der Waals surface area contributed by atoms with E-state index in [0.29, 0.717) is 12.1 Å². The van der Waals surface area contributed by atoms with Crippen molar-refractivity contribution in [2.75, 3.05) is 0 Å². The molecule has 14 nitrogen and oxygen atoms in total. The summed E-state index contributed by atoms with van der Waals surface area (Å²) in [7, 11) is -9.65. The molecule has 0 unspecified atom stereocenters. The highest BCUT2D eigenvalue weighted by Gasteiger charge is 2.26. The highest BCUT2D eigenvalue weighted by Crippen LogP contribution is 2.37. The number of ether oxygens (including phenoxy) is 2. The van der Waals surface area contributed by atoms with E-state index in [-0.39, 0.29) is 23.0 Å². The molecule has 4 rings (SSSR count). The fraction of sp³-hybridized carbons (Fsp3) is 0.111. The highest BCUT2D eigenvalue weighted by atomic mass is 32.2. The van der Waals surface area contributed by atoms with Crippen LogP contribution < -0.4 is 9.47 Å². The summed E-state index contributed by atoms with van der Waals surface area (Å²) in [6.45, 7) is 3.83. The van der Waals surface area contributed by atoms with Crippen molar-refractivity contribution in [1.29, 1.82) is 0 Å². The summed E-state index contributed by atoms with van der Waals surface area (Å²) < 4.78 is 77.3. The Kier molecular flexibility index (Phi) is 8.24. The Morgan fingerprint density at radius 1 is 0.605 bits per heavy atom. The van der Waals surface area contributed by atoms with Gasteiger partial charge in [-0.05, 0) is 47.5 Å². The van der Waals surface area contributed by atoms with Crippen LogP contribution >= 0.6 is 0 Å². The first-order chi connectivity index (χ1) is 20.0. The predicted molar refractivity (Wildman–Crippen MR) is 151 cm³/mol. The lowest BCUT2D eigenvalue weighted by Crippen LogP contribution is -2.18. The minimum atomic E-state index is -4.82. The SMILES string of the molecule is CC(C)(c1ccc(Oc2ccc([N+](=O)[O-])cc2S(=O)(=O)O)cc1)c1ccc(Oc2ccc([N+](=O)[O-])cc2S(=O)(=O)O)cc1. The molecule has 4 aromatic carbocycles. The number of hydrogen-bond donors (Lipinski definition) is 2. The van der Waals surface area contributed by atoms with Gasteiger partial charge in [0.2, 0.25) is 0 Å². The van der Waals surface area contributed by atoms with Crippen molar-refractivity contribution in [1.82, 2.24) is 0 Å². The van der Waals surface area contributed by atoms with Gasteiger partial charge < -0.3 is 9.47 Å². The summed E-state index contributed by atoms with van der Waals surface area (Å²) in [6, 6.07) is 18.7. The van der Waals surface area contributed by atoms with Crippen LogP contribution in [0.25, 0.3) is 0 Å². The summed E-state index contributed by atoms with van der Waals surface area (Å²) in [5.41, 5.74) is -0.0792. The number of rotatable bonds is 10. The van der Waals surface area contributed by atoms with E-state index < -0.39 is 56.7 Å². The van der Waals surface area contributed by atoms with Gasteiger partial charge >= 0.3 is 0 Å². The fourth-order valence-corrected chi connectivity index (χ4v) is 5.36. The molecule has 4 aromatic rings. The molecule has 0 bridgehead atoms. The Hall–Kier alpha value is -4.90. The first kappa shape index (κ1) is 31.0. The third kappa shape index (κ3) is 6.95. The molecule has 0 fully saturated rings. The number of non-ortho nitro benzene ring substituents is 2. The summed E-state index contributed by atoms with van der Waals surface area (Å²) in [6.07, 6.45) is 0. The zero-order valence-corrected chi connectivity index (χ0v) is 23.9. The van der Waals surface area contributed by atoms with E-state index in [0.717, 1.165) is 35.4 Å². The molecule has 0 heterocycles. The minimum Gasteiger partial charge on any atom is -0.456 e. The first-order valence-corrected chi connectivity index (χ1v) is 14.9. The van der Waals surface area contributed by atoms with Gasteiger partial charge in [0.1, 0.15) is 32.8 Å². The molecule has 0 aliphatic heterocycles. The van der Waals surface area contributed by atoms with E-state index in [1.54, 1.807) is 48.5 Å². The van der Waals surface area contributed by atoms with Gasteiger partial charge in [0.05, 0.1) is 9.85 Å². The smallest absolute Gasteiger partial charge is 0.298 e. The Labute approximate surface area is 244 Å². The standard InChI is InChI=1S/C27H22N2O12S2/c1-27(2,17-3-9-21(10-4-17)40-23-13-7-19(28(30)31)15-25(23)42(34,35)36)18-5-11-22(12-6-18)41-24-14-8-20(29(32)33)16-26(24)43(37,38)39/h3-16H,1-2H3,(H,34,35,36)(H,37,38,39). The zero-order chi connectivity index (χ0) is 31.7. The third-order valence-electron chi connectivity index (χ3n) is 6.44. The summed E-state index contributed by atoms with van der Waals surface area (Å²) >= 11 is 0. The number of nitrogens with zero attached hydrogens (tertiary/aromatic N) is 2. The van der Waals surface area contributed by atoms with E-state index in [1.807, 2.05) is 13.8 Å². The van der Waals surface area contributed by atoms with Gasteiger partial charge in [0, 0.05) is 29.7 Å². The lowest BCUT2D eigenvalue weighted by molar-refractivity contribution is -0.385. The maximum absolute atomic E-state index is 11.8. The van der Waals surface area contributed by atoms with E-state index in [1.165, 1.54) is 0 Å². The van der Waals surface area contributed by atoms with Crippen molar-refractivity contribution < 1.29 is 45.3 Å². The van der Waals surface area contributed by atoms with Gasteiger partial charge in [-0.25, -0.2) is 0 Å². The second kappa shape index (κ2) is 11.4. The van der Waals surface area contributed by atoms with Gasteiger partial charge in [-0.3, -0.25) is 29.3 Å². The quantitative estimate of drug-likeness (QED) is 0.119. The molecule has 0 aromatic heterocycles. The Balaban J connectivity index is 1.55. The molecule has 2 N–H and O–H groups in total. The molecule has 0 spiro atoms. The van der Waals surface area contributed by atoms with Crippen molar-refractivity contribution in [3.05, 3.63) is 116 Å². The van der Waals surface area contributed by atoms with Crippen molar-refractivity contribution in [3.63, 3.8) is 0 Å². The van der Waals surface area contributed by atoms with E-state index in [4.69, 9.17) is 9.47 Å². The van der Waals surface area contributed by atoms with Crippen molar-refractivity contribution in [2.24, 2.45) is 0 Å². The molecular weight excluding hydrogens is 608 g/mol. The second-order valence-electron chi connectivity index (χ2n) is 9.60. The van der Waals surface area contributed by atoms with Crippen molar-refractivity contribution in [2.45, 2.75) is 29.1 Å². The molecule has 0 radical (unpaired) electrons. The molecule has 0 atom stereocenters. The number of nitro groups is 2. The Morgan fingerprint density at radius 3 is 1.21 bits per heavy atom. The van der Waals surface area contributed by atoms with Crippen LogP contribution in [0.1, 0.15) is 25.0 Å². The molecule has 0 amide bonds. The van der Waals surface area contributed by atoms with Gasteiger partial charge in [0.25, 0.3) is 31.6 Å². The molecule has 224 valence electrons. The second-order valence-corrected chi connectivity index (χ2v) is 12.4. The molecule has 16 heteroatoms. The topological polar surface area (TPSA) is 213 Å².